The Labute approximate surface area is 172 Å². The summed E-state index contributed by atoms with van der Waals surface area (Å²) in [5.74, 6) is 1.62. The van der Waals surface area contributed by atoms with Crippen molar-refractivity contribution >= 4 is 23.4 Å². The Hall–Kier alpha value is -3.00. The highest BCUT2D eigenvalue weighted by molar-refractivity contribution is 7.99. The van der Waals surface area contributed by atoms with Crippen molar-refractivity contribution in [2.24, 2.45) is 0 Å². The molecule has 1 aliphatic rings. The molecule has 3 aromatic rings. The number of hydrogen-bond donors (Lipinski definition) is 1. The van der Waals surface area contributed by atoms with E-state index < -0.39 is 0 Å². The number of ether oxygens (including phenoxy) is 2. The minimum Gasteiger partial charge on any atom is -0.493 e. The molecule has 1 aliphatic carbocycles. The van der Waals surface area contributed by atoms with Gasteiger partial charge in [-0.05, 0) is 60.7 Å². The Kier molecular flexibility index (Phi) is 5.71. The van der Waals surface area contributed by atoms with Gasteiger partial charge >= 0.3 is 0 Å². The lowest BCUT2D eigenvalue weighted by Gasteiger charge is -2.07. The molecule has 1 amide bonds. The zero-order valence-electron chi connectivity index (χ0n) is 16.2. The van der Waals surface area contributed by atoms with E-state index >= 15 is 0 Å². The lowest BCUT2D eigenvalue weighted by Crippen LogP contribution is -2.14. The molecule has 150 valence electrons. The first kappa shape index (κ1) is 19.3. The monoisotopic (exact) mass is 411 g/mol. The largest absolute Gasteiger partial charge is 0.493 e. The molecule has 7 nitrogen and oxygen atoms in total. The zero-order valence-corrected chi connectivity index (χ0v) is 17.0. The van der Waals surface area contributed by atoms with Crippen LogP contribution in [0, 0.1) is 0 Å². The van der Waals surface area contributed by atoms with Gasteiger partial charge in [-0.1, -0.05) is 17.8 Å². The van der Waals surface area contributed by atoms with Crippen LogP contribution < -0.4 is 14.8 Å². The minimum absolute atomic E-state index is 0.112. The quantitative estimate of drug-likeness (QED) is 0.589. The third kappa shape index (κ3) is 4.37. The van der Waals surface area contributed by atoms with Gasteiger partial charge in [0, 0.05) is 11.3 Å². The number of methoxy groups -OCH3 is 2. The highest BCUT2D eigenvalue weighted by Gasteiger charge is 2.15. The Bertz CT molecular complexity index is 1030. The fraction of sp³-hybridized carbons (Fsp3) is 0.286. The number of thioether (sulfide) groups is 1. The van der Waals surface area contributed by atoms with Gasteiger partial charge in [0.15, 0.2) is 11.5 Å². The summed E-state index contributed by atoms with van der Waals surface area (Å²) in [6, 6.07) is 11.5. The summed E-state index contributed by atoms with van der Waals surface area (Å²) in [5, 5.41) is 11.3. The highest BCUT2D eigenvalue weighted by Crippen LogP contribution is 2.32. The van der Waals surface area contributed by atoms with Crippen LogP contribution in [0.5, 0.6) is 11.5 Å². The molecule has 0 saturated carbocycles. The summed E-state index contributed by atoms with van der Waals surface area (Å²) in [5.41, 5.74) is 4.25. The number of nitrogens with zero attached hydrogens (tertiary/aromatic N) is 2. The first-order chi connectivity index (χ1) is 14.2. The number of carbonyl (C=O) groups is 1. The lowest BCUT2D eigenvalue weighted by atomic mass is 10.1. The lowest BCUT2D eigenvalue weighted by molar-refractivity contribution is -0.113. The van der Waals surface area contributed by atoms with Crippen LogP contribution in [0.1, 0.15) is 17.5 Å². The molecule has 0 fully saturated rings. The van der Waals surface area contributed by atoms with E-state index in [1.165, 1.54) is 29.3 Å². The van der Waals surface area contributed by atoms with Gasteiger partial charge in [-0.2, -0.15) is 0 Å². The van der Waals surface area contributed by atoms with Gasteiger partial charge in [-0.25, -0.2) is 0 Å². The predicted octanol–water partition coefficient (Wildman–Crippen LogP) is 3.97. The fourth-order valence-corrected chi connectivity index (χ4v) is 3.89. The molecule has 1 heterocycles. The normalized spacial score (nSPS) is 12.5. The maximum Gasteiger partial charge on any atom is 0.277 e. The number of benzene rings is 2. The maximum atomic E-state index is 12.3. The Balaban J connectivity index is 1.36. The molecule has 0 radical (unpaired) electrons. The van der Waals surface area contributed by atoms with E-state index in [0.717, 1.165) is 18.5 Å². The molecular formula is C21H21N3O4S. The second-order valence-electron chi connectivity index (χ2n) is 6.62. The van der Waals surface area contributed by atoms with Gasteiger partial charge in [-0.15, -0.1) is 10.2 Å². The molecule has 0 unspecified atom stereocenters. The summed E-state index contributed by atoms with van der Waals surface area (Å²) in [6.45, 7) is 0. The molecule has 0 saturated heterocycles. The summed E-state index contributed by atoms with van der Waals surface area (Å²) in [4.78, 5) is 12.3. The van der Waals surface area contributed by atoms with Crippen LogP contribution in [0.4, 0.5) is 5.69 Å². The molecule has 0 atom stereocenters. The van der Waals surface area contributed by atoms with Crippen molar-refractivity contribution in [3.8, 4) is 23.0 Å². The third-order valence-corrected chi connectivity index (χ3v) is 5.56. The zero-order chi connectivity index (χ0) is 20.2. The van der Waals surface area contributed by atoms with E-state index in [4.69, 9.17) is 13.9 Å². The van der Waals surface area contributed by atoms with Crippen molar-refractivity contribution in [2.75, 3.05) is 25.3 Å². The van der Waals surface area contributed by atoms with E-state index in [1.807, 2.05) is 12.1 Å². The van der Waals surface area contributed by atoms with E-state index in [9.17, 15) is 4.79 Å². The van der Waals surface area contributed by atoms with Crippen molar-refractivity contribution in [3.63, 3.8) is 0 Å². The van der Waals surface area contributed by atoms with E-state index in [1.54, 1.807) is 26.4 Å². The van der Waals surface area contributed by atoms with Gasteiger partial charge in [0.05, 0.1) is 20.0 Å². The Morgan fingerprint density at radius 3 is 2.72 bits per heavy atom. The number of aromatic nitrogens is 2. The second kappa shape index (κ2) is 8.57. The average molecular weight is 411 g/mol. The SMILES string of the molecule is COc1ccc(-c2nnc(SCC(=O)Nc3ccc4c(c3)CCC4)o2)cc1OC. The molecule has 0 aliphatic heterocycles. The average Bonchev–Trinajstić information content (AvgIpc) is 3.41. The van der Waals surface area contributed by atoms with E-state index in [2.05, 4.69) is 27.6 Å². The summed E-state index contributed by atoms with van der Waals surface area (Å²) in [6.07, 6.45) is 3.38. The molecule has 1 aromatic heterocycles. The second-order valence-corrected chi connectivity index (χ2v) is 7.54. The number of carbonyl (C=O) groups excluding carboxylic acids is 1. The predicted molar refractivity (Wildman–Crippen MR) is 111 cm³/mol. The molecule has 0 spiro atoms. The third-order valence-electron chi connectivity index (χ3n) is 4.75. The van der Waals surface area contributed by atoms with E-state index in [0.29, 0.717) is 28.2 Å². The first-order valence-corrected chi connectivity index (χ1v) is 10.2. The molecule has 1 N–H and O–H groups in total. The number of hydrogen-bond acceptors (Lipinski definition) is 7. The van der Waals surface area contributed by atoms with E-state index in [-0.39, 0.29) is 11.7 Å². The first-order valence-electron chi connectivity index (χ1n) is 9.26. The standard InChI is InChI=1S/C21H21N3O4S/c1-26-17-9-7-15(11-18(17)27-2)20-23-24-21(28-20)29-12-19(25)22-16-8-6-13-4-3-5-14(13)10-16/h6-11H,3-5,12H2,1-2H3,(H,22,25). The Morgan fingerprint density at radius 1 is 1.07 bits per heavy atom. The number of aryl methyl sites for hydroxylation is 2. The number of rotatable bonds is 7. The fourth-order valence-electron chi connectivity index (χ4n) is 3.33. The van der Waals surface area contributed by atoms with Crippen LogP contribution in [0.25, 0.3) is 11.5 Å². The summed E-state index contributed by atoms with van der Waals surface area (Å²) >= 11 is 1.20. The topological polar surface area (TPSA) is 86.5 Å². The van der Waals surface area contributed by atoms with Crippen LogP contribution in [-0.2, 0) is 17.6 Å². The van der Waals surface area contributed by atoms with Gasteiger partial charge < -0.3 is 19.2 Å². The number of nitrogens with one attached hydrogen (secondary N) is 1. The highest BCUT2D eigenvalue weighted by atomic mass is 32.2. The van der Waals surface area contributed by atoms with Crippen LogP contribution in [0.3, 0.4) is 0 Å². The van der Waals surface area contributed by atoms with Gasteiger partial charge in [0.1, 0.15) is 0 Å². The van der Waals surface area contributed by atoms with Gasteiger partial charge in [0.2, 0.25) is 11.8 Å². The molecule has 4 rings (SSSR count). The number of fused-ring (bicyclic) bond motifs is 1. The van der Waals surface area contributed by atoms with Gasteiger partial charge in [-0.3, -0.25) is 4.79 Å². The van der Waals surface area contributed by atoms with Gasteiger partial charge in [0.25, 0.3) is 5.22 Å². The Morgan fingerprint density at radius 2 is 1.90 bits per heavy atom. The smallest absolute Gasteiger partial charge is 0.277 e. The van der Waals surface area contributed by atoms with Crippen LogP contribution in [0.2, 0.25) is 0 Å². The van der Waals surface area contributed by atoms with Crippen molar-refractivity contribution in [2.45, 2.75) is 24.5 Å². The van der Waals surface area contributed by atoms with Crippen molar-refractivity contribution in [1.29, 1.82) is 0 Å². The molecule has 0 bridgehead atoms. The number of anilines is 1. The molecule has 2 aromatic carbocycles. The van der Waals surface area contributed by atoms with Crippen molar-refractivity contribution in [3.05, 3.63) is 47.5 Å². The molecule has 29 heavy (non-hydrogen) atoms. The van der Waals surface area contributed by atoms with Crippen molar-refractivity contribution in [1.82, 2.24) is 10.2 Å². The van der Waals surface area contributed by atoms with Crippen molar-refractivity contribution < 1.29 is 18.7 Å². The molecular weight excluding hydrogens is 390 g/mol. The van der Waals surface area contributed by atoms with Crippen LogP contribution in [-0.4, -0.2) is 36.1 Å². The summed E-state index contributed by atoms with van der Waals surface area (Å²) < 4.78 is 16.2. The molecule has 8 heteroatoms. The van der Waals surface area contributed by atoms with Crippen LogP contribution >= 0.6 is 11.8 Å². The maximum absolute atomic E-state index is 12.3. The minimum atomic E-state index is -0.112. The summed E-state index contributed by atoms with van der Waals surface area (Å²) in [7, 11) is 3.14. The number of amides is 1. The van der Waals surface area contributed by atoms with Crippen LogP contribution in [0.15, 0.2) is 46.0 Å².